The molecule has 1 atom stereocenters. The first-order valence-corrected chi connectivity index (χ1v) is 5.31. The van der Waals surface area contributed by atoms with E-state index in [4.69, 9.17) is 10.2 Å². The summed E-state index contributed by atoms with van der Waals surface area (Å²) in [4.78, 5) is 13.9. The Labute approximate surface area is 101 Å². The SMILES string of the molecule is CC1CCCN1C(=O)c1coc(CN)c1.Cl. The quantitative estimate of drug-likeness (QED) is 0.863. The van der Waals surface area contributed by atoms with Gasteiger partial charge in [0.25, 0.3) is 5.91 Å². The fourth-order valence-corrected chi connectivity index (χ4v) is 2.00. The first-order chi connectivity index (χ1) is 7.22. The average Bonchev–Trinajstić information content (AvgIpc) is 2.84. The van der Waals surface area contributed by atoms with Crippen LogP contribution in [0.4, 0.5) is 0 Å². The molecule has 0 aliphatic carbocycles. The minimum absolute atomic E-state index is 0. The smallest absolute Gasteiger partial charge is 0.257 e. The third kappa shape index (κ3) is 2.39. The molecule has 1 aliphatic heterocycles. The Hall–Kier alpha value is -1.00. The van der Waals surface area contributed by atoms with Crippen molar-refractivity contribution in [3.8, 4) is 0 Å². The van der Waals surface area contributed by atoms with Gasteiger partial charge in [0.2, 0.25) is 0 Å². The molecule has 90 valence electrons. The fraction of sp³-hybridized carbons (Fsp3) is 0.545. The van der Waals surface area contributed by atoms with Gasteiger partial charge in [0.15, 0.2) is 0 Å². The number of hydrogen-bond acceptors (Lipinski definition) is 3. The van der Waals surface area contributed by atoms with Crippen molar-refractivity contribution in [1.82, 2.24) is 4.90 Å². The Morgan fingerprint density at radius 2 is 2.44 bits per heavy atom. The molecule has 2 rings (SSSR count). The lowest BCUT2D eigenvalue weighted by Gasteiger charge is -2.20. The molecule has 1 aromatic heterocycles. The Morgan fingerprint density at radius 3 is 2.94 bits per heavy atom. The lowest BCUT2D eigenvalue weighted by molar-refractivity contribution is 0.0747. The van der Waals surface area contributed by atoms with Crippen LogP contribution in [0.2, 0.25) is 0 Å². The maximum Gasteiger partial charge on any atom is 0.257 e. The van der Waals surface area contributed by atoms with E-state index in [1.165, 1.54) is 6.26 Å². The molecule has 5 heteroatoms. The molecule has 0 aromatic carbocycles. The van der Waals surface area contributed by atoms with Gasteiger partial charge in [0.05, 0.1) is 12.1 Å². The van der Waals surface area contributed by atoms with Crippen LogP contribution in [0.3, 0.4) is 0 Å². The average molecular weight is 245 g/mol. The number of carbonyl (C=O) groups is 1. The Balaban J connectivity index is 0.00000128. The maximum absolute atomic E-state index is 12.0. The molecule has 0 spiro atoms. The van der Waals surface area contributed by atoms with E-state index in [1.807, 2.05) is 4.90 Å². The van der Waals surface area contributed by atoms with Gasteiger partial charge in [-0.05, 0) is 25.8 Å². The van der Waals surface area contributed by atoms with Crippen LogP contribution in [0, 0.1) is 0 Å². The first-order valence-electron chi connectivity index (χ1n) is 5.31. The van der Waals surface area contributed by atoms with E-state index in [-0.39, 0.29) is 18.3 Å². The minimum Gasteiger partial charge on any atom is -0.467 e. The summed E-state index contributed by atoms with van der Waals surface area (Å²) in [6, 6.07) is 2.07. The van der Waals surface area contributed by atoms with E-state index >= 15 is 0 Å². The summed E-state index contributed by atoms with van der Waals surface area (Å²) in [5.41, 5.74) is 6.04. The summed E-state index contributed by atoms with van der Waals surface area (Å²) >= 11 is 0. The highest BCUT2D eigenvalue weighted by molar-refractivity contribution is 5.94. The molecule has 2 heterocycles. The number of rotatable bonds is 2. The largest absolute Gasteiger partial charge is 0.467 e. The summed E-state index contributed by atoms with van der Waals surface area (Å²) in [5.74, 6) is 0.716. The number of amides is 1. The molecule has 1 fully saturated rings. The van der Waals surface area contributed by atoms with Crippen LogP contribution in [-0.4, -0.2) is 23.4 Å². The molecule has 16 heavy (non-hydrogen) atoms. The number of carbonyl (C=O) groups excluding carboxylic acids is 1. The predicted octanol–water partition coefficient (Wildman–Crippen LogP) is 1.78. The van der Waals surface area contributed by atoms with Crippen molar-refractivity contribution in [1.29, 1.82) is 0 Å². The standard InChI is InChI=1S/C11H16N2O2.ClH/c1-8-3-2-4-13(8)11(14)9-5-10(6-12)15-7-9;/h5,7-8H,2-4,6,12H2,1H3;1H. The summed E-state index contributed by atoms with van der Waals surface area (Å²) in [6.45, 7) is 3.26. The zero-order valence-corrected chi connectivity index (χ0v) is 10.1. The second-order valence-corrected chi connectivity index (χ2v) is 4.00. The molecule has 0 bridgehead atoms. The van der Waals surface area contributed by atoms with Gasteiger partial charge in [-0.15, -0.1) is 12.4 Å². The van der Waals surface area contributed by atoms with Crippen molar-refractivity contribution in [2.24, 2.45) is 5.73 Å². The van der Waals surface area contributed by atoms with E-state index in [0.717, 1.165) is 19.4 Å². The molecule has 1 unspecified atom stereocenters. The Morgan fingerprint density at radius 1 is 1.69 bits per heavy atom. The third-order valence-corrected chi connectivity index (χ3v) is 2.92. The lowest BCUT2D eigenvalue weighted by Crippen LogP contribution is -2.33. The van der Waals surface area contributed by atoms with Crippen LogP contribution < -0.4 is 5.73 Å². The van der Waals surface area contributed by atoms with Crippen LogP contribution in [0.25, 0.3) is 0 Å². The summed E-state index contributed by atoms with van der Waals surface area (Å²) in [5, 5.41) is 0. The molecular weight excluding hydrogens is 228 g/mol. The lowest BCUT2D eigenvalue weighted by atomic mass is 10.2. The Kier molecular flexibility index (Phi) is 4.38. The molecule has 0 saturated carbocycles. The van der Waals surface area contributed by atoms with Gasteiger partial charge in [-0.2, -0.15) is 0 Å². The van der Waals surface area contributed by atoms with Crippen LogP contribution >= 0.6 is 12.4 Å². The van der Waals surface area contributed by atoms with Gasteiger partial charge >= 0.3 is 0 Å². The second kappa shape index (κ2) is 5.37. The van der Waals surface area contributed by atoms with Crippen LogP contribution in [0.15, 0.2) is 16.7 Å². The summed E-state index contributed by atoms with van der Waals surface area (Å²) in [7, 11) is 0. The number of halogens is 1. The van der Waals surface area contributed by atoms with Crippen molar-refractivity contribution >= 4 is 18.3 Å². The van der Waals surface area contributed by atoms with Crippen LogP contribution in [0.1, 0.15) is 35.9 Å². The van der Waals surface area contributed by atoms with Gasteiger partial charge in [0.1, 0.15) is 12.0 Å². The van der Waals surface area contributed by atoms with Crippen LogP contribution in [0.5, 0.6) is 0 Å². The van der Waals surface area contributed by atoms with Gasteiger partial charge < -0.3 is 15.1 Å². The number of hydrogen-bond donors (Lipinski definition) is 1. The highest BCUT2D eigenvalue weighted by Crippen LogP contribution is 2.20. The minimum atomic E-state index is 0. The number of nitrogens with zero attached hydrogens (tertiary/aromatic N) is 1. The van der Waals surface area contributed by atoms with Crippen molar-refractivity contribution < 1.29 is 9.21 Å². The molecule has 1 aromatic rings. The van der Waals surface area contributed by atoms with E-state index in [1.54, 1.807) is 6.07 Å². The monoisotopic (exact) mass is 244 g/mol. The number of likely N-dealkylation sites (tertiary alicyclic amines) is 1. The molecule has 0 radical (unpaired) electrons. The topological polar surface area (TPSA) is 59.5 Å². The van der Waals surface area contributed by atoms with E-state index in [9.17, 15) is 4.79 Å². The van der Waals surface area contributed by atoms with Gasteiger partial charge in [0, 0.05) is 12.6 Å². The van der Waals surface area contributed by atoms with E-state index in [2.05, 4.69) is 6.92 Å². The first kappa shape index (κ1) is 13.1. The van der Waals surface area contributed by atoms with Crippen LogP contribution in [-0.2, 0) is 6.54 Å². The van der Waals surface area contributed by atoms with E-state index in [0.29, 0.717) is 23.9 Å². The number of nitrogens with two attached hydrogens (primary N) is 1. The molecule has 1 aliphatic rings. The highest BCUT2D eigenvalue weighted by atomic mass is 35.5. The molecular formula is C11H17ClN2O2. The highest BCUT2D eigenvalue weighted by Gasteiger charge is 2.26. The zero-order chi connectivity index (χ0) is 10.8. The second-order valence-electron chi connectivity index (χ2n) is 4.00. The summed E-state index contributed by atoms with van der Waals surface area (Å²) < 4.78 is 5.16. The molecule has 2 N–H and O–H groups in total. The van der Waals surface area contributed by atoms with Crippen molar-refractivity contribution in [2.75, 3.05) is 6.54 Å². The zero-order valence-electron chi connectivity index (χ0n) is 9.31. The molecule has 1 amide bonds. The molecule has 1 saturated heterocycles. The maximum atomic E-state index is 12.0. The van der Waals surface area contributed by atoms with Crippen molar-refractivity contribution in [2.45, 2.75) is 32.4 Å². The van der Waals surface area contributed by atoms with Gasteiger partial charge in [-0.25, -0.2) is 0 Å². The predicted molar refractivity (Wildman–Crippen MR) is 63.6 cm³/mol. The Bertz CT molecular complexity index is 365. The normalized spacial score (nSPS) is 19.6. The molecule has 4 nitrogen and oxygen atoms in total. The van der Waals surface area contributed by atoms with Crippen molar-refractivity contribution in [3.63, 3.8) is 0 Å². The fourth-order valence-electron chi connectivity index (χ4n) is 2.00. The van der Waals surface area contributed by atoms with Gasteiger partial charge in [-0.3, -0.25) is 4.79 Å². The van der Waals surface area contributed by atoms with E-state index < -0.39 is 0 Å². The third-order valence-electron chi connectivity index (χ3n) is 2.92. The van der Waals surface area contributed by atoms with Gasteiger partial charge in [-0.1, -0.05) is 0 Å². The van der Waals surface area contributed by atoms with Crippen molar-refractivity contribution in [3.05, 3.63) is 23.7 Å². The summed E-state index contributed by atoms with van der Waals surface area (Å²) in [6.07, 6.45) is 3.68. The number of furan rings is 1.